The largest absolute Gasteiger partial charge is 0.380 e. The summed E-state index contributed by atoms with van der Waals surface area (Å²) in [6.07, 6.45) is 0.475. The second-order valence-corrected chi connectivity index (χ2v) is 5.14. The molecule has 0 unspecified atom stereocenters. The molecule has 1 N–H and O–H groups in total. The highest BCUT2D eigenvalue weighted by Gasteiger charge is 2.30. The quantitative estimate of drug-likeness (QED) is 0.171. The van der Waals surface area contributed by atoms with Gasteiger partial charge >= 0.3 is 0 Å². The average Bonchev–Trinajstić information content (AvgIpc) is 2.57. The number of nitrogens with one attached hydrogen (secondary N) is 1. The van der Waals surface area contributed by atoms with E-state index < -0.39 is 40.7 Å². The molecule has 0 radical (unpaired) electrons. The van der Waals surface area contributed by atoms with Gasteiger partial charge in [-0.2, -0.15) is 0 Å². The number of hydrogen-bond acceptors (Lipinski definition) is 4. The number of anilines is 1. The maximum atomic E-state index is 13.5. The molecule has 24 heavy (non-hydrogen) atoms. The van der Waals surface area contributed by atoms with Gasteiger partial charge in [0.25, 0.3) is 5.97 Å². The van der Waals surface area contributed by atoms with Gasteiger partial charge in [-0.3, -0.25) is 0 Å². The Bertz CT molecular complexity index is 527. The summed E-state index contributed by atoms with van der Waals surface area (Å²) in [5.41, 5.74) is -1.06. The fourth-order valence-electron chi connectivity index (χ4n) is 2.12. The number of halogens is 5. The van der Waals surface area contributed by atoms with Gasteiger partial charge in [-0.25, -0.2) is 22.0 Å². The summed E-state index contributed by atoms with van der Waals surface area (Å²) in [7, 11) is 0.331. The minimum Gasteiger partial charge on any atom is -0.380 e. The zero-order chi connectivity index (χ0) is 18.3. The Balaban J connectivity index is 2.74. The zero-order valence-electron chi connectivity index (χ0n) is 13.7. The molecule has 0 bridgehead atoms. The maximum Gasteiger partial charge on any atom is 0.272 e. The number of ether oxygens (including phenoxy) is 2. The lowest BCUT2D eigenvalue weighted by Crippen LogP contribution is -2.39. The van der Waals surface area contributed by atoms with E-state index in [4.69, 9.17) is 13.9 Å². The third-order valence-corrected chi connectivity index (χ3v) is 3.83. The first-order valence-electron chi connectivity index (χ1n) is 7.41. The van der Waals surface area contributed by atoms with Crippen LogP contribution >= 0.6 is 0 Å². The van der Waals surface area contributed by atoms with Crippen molar-refractivity contribution in [2.45, 2.75) is 32.7 Å². The van der Waals surface area contributed by atoms with E-state index in [1.54, 1.807) is 13.8 Å². The first kappa shape index (κ1) is 20.8. The first-order chi connectivity index (χ1) is 11.3. The predicted molar refractivity (Wildman–Crippen MR) is 81.0 cm³/mol. The summed E-state index contributed by atoms with van der Waals surface area (Å²) in [4.78, 5) is 0. The minimum absolute atomic E-state index is 0.0643. The molecule has 138 valence electrons. The molecule has 0 amide bonds. The summed E-state index contributed by atoms with van der Waals surface area (Å²) >= 11 is 0. The van der Waals surface area contributed by atoms with E-state index >= 15 is 0 Å². The number of hydrogen-bond donors (Lipinski definition) is 1. The van der Waals surface area contributed by atoms with Gasteiger partial charge in [-0.1, -0.05) is 0 Å². The van der Waals surface area contributed by atoms with Crippen LogP contribution in [0.3, 0.4) is 0 Å². The standard InChI is InChI=1S/C14H20F5NO3Si/c1-3-21-14(23-24,22-4-2)6-5-7-20-13-11(18)9(16)8(15)10(17)12(13)19/h20H,3-7H2,1-2,24H3. The predicted octanol–water partition coefficient (Wildman–Crippen LogP) is 2.60. The fraction of sp³-hybridized carbons (Fsp3) is 0.571. The topological polar surface area (TPSA) is 39.7 Å². The van der Waals surface area contributed by atoms with Crippen LogP contribution in [0.1, 0.15) is 26.7 Å². The first-order valence-corrected chi connectivity index (χ1v) is 8.23. The van der Waals surface area contributed by atoms with Crippen LogP contribution in [-0.4, -0.2) is 36.2 Å². The second kappa shape index (κ2) is 9.30. The van der Waals surface area contributed by atoms with Crippen LogP contribution < -0.4 is 5.32 Å². The monoisotopic (exact) mass is 373 g/mol. The van der Waals surface area contributed by atoms with Gasteiger partial charge in [0.2, 0.25) is 5.82 Å². The smallest absolute Gasteiger partial charge is 0.272 e. The molecule has 1 aromatic rings. The normalized spacial score (nSPS) is 12.0. The highest BCUT2D eigenvalue weighted by molar-refractivity contribution is 5.98. The molecule has 1 aromatic carbocycles. The fourth-order valence-corrected chi connectivity index (χ4v) is 2.56. The van der Waals surface area contributed by atoms with Gasteiger partial charge in [0, 0.05) is 26.2 Å². The van der Waals surface area contributed by atoms with E-state index in [0.29, 0.717) is 23.7 Å². The molecule has 1 rings (SSSR count). The Hall–Kier alpha value is -1.23. The summed E-state index contributed by atoms with van der Waals surface area (Å²) < 4.78 is 82.4. The summed E-state index contributed by atoms with van der Waals surface area (Å²) in [6.45, 7) is 4.09. The third kappa shape index (κ3) is 4.65. The molecule has 0 aliphatic heterocycles. The van der Waals surface area contributed by atoms with E-state index in [2.05, 4.69) is 5.32 Å². The summed E-state index contributed by atoms with van der Waals surface area (Å²) in [5, 5.41) is 2.22. The number of rotatable bonds is 10. The Morgan fingerprint density at radius 2 is 1.33 bits per heavy atom. The molecular weight excluding hydrogens is 353 g/mol. The van der Waals surface area contributed by atoms with Crippen LogP contribution in [0, 0.1) is 29.1 Å². The Morgan fingerprint density at radius 3 is 1.75 bits per heavy atom. The molecule has 0 heterocycles. The van der Waals surface area contributed by atoms with Crippen molar-refractivity contribution in [2.24, 2.45) is 0 Å². The Morgan fingerprint density at radius 1 is 0.875 bits per heavy atom. The molecule has 4 nitrogen and oxygen atoms in total. The van der Waals surface area contributed by atoms with E-state index in [1.807, 2.05) is 0 Å². The summed E-state index contributed by atoms with van der Waals surface area (Å²) in [5.74, 6) is -11.2. The molecule has 0 saturated heterocycles. The highest BCUT2D eigenvalue weighted by atomic mass is 28.2. The summed E-state index contributed by atoms with van der Waals surface area (Å²) in [6, 6.07) is 0. The van der Waals surface area contributed by atoms with Gasteiger partial charge in [0.15, 0.2) is 33.8 Å². The van der Waals surface area contributed by atoms with E-state index in [9.17, 15) is 22.0 Å². The van der Waals surface area contributed by atoms with Crippen LogP contribution in [0.2, 0.25) is 0 Å². The van der Waals surface area contributed by atoms with Gasteiger partial charge in [-0.05, 0) is 20.3 Å². The van der Waals surface area contributed by atoms with E-state index in [-0.39, 0.29) is 19.4 Å². The van der Waals surface area contributed by atoms with Crippen molar-refractivity contribution in [1.82, 2.24) is 0 Å². The molecular formula is C14H20F5NO3Si. The number of benzene rings is 1. The molecule has 0 aliphatic carbocycles. The van der Waals surface area contributed by atoms with Crippen molar-refractivity contribution in [3.63, 3.8) is 0 Å². The van der Waals surface area contributed by atoms with Gasteiger partial charge in [0.05, 0.1) is 0 Å². The lowest BCUT2D eigenvalue weighted by atomic mass is 10.2. The average molecular weight is 373 g/mol. The SMILES string of the molecule is CCOC(CCCNc1c(F)c(F)c(F)c(F)c1F)(O[SiH3])OCC. The molecule has 0 spiro atoms. The third-order valence-electron chi connectivity index (χ3n) is 3.21. The van der Waals surface area contributed by atoms with Gasteiger partial charge in [-0.15, -0.1) is 0 Å². The lowest BCUT2D eigenvalue weighted by Gasteiger charge is -2.32. The Kier molecular flexibility index (Phi) is 8.07. The molecule has 0 atom stereocenters. The van der Waals surface area contributed by atoms with Crippen LogP contribution in [-0.2, 0) is 13.9 Å². The van der Waals surface area contributed by atoms with Gasteiger partial charge in [0.1, 0.15) is 5.69 Å². The van der Waals surface area contributed by atoms with Crippen LogP contribution in [0.4, 0.5) is 27.6 Å². The van der Waals surface area contributed by atoms with Crippen molar-refractivity contribution in [3.8, 4) is 0 Å². The van der Waals surface area contributed by atoms with Crippen molar-refractivity contribution in [3.05, 3.63) is 29.1 Å². The second-order valence-electron chi connectivity index (χ2n) is 4.73. The van der Waals surface area contributed by atoms with Crippen LogP contribution in [0.5, 0.6) is 0 Å². The van der Waals surface area contributed by atoms with Crippen LogP contribution in [0.25, 0.3) is 0 Å². The molecule has 0 aliphatic rings. The van der Waals surface area contributed by atoms with Crippen molar-refractivity contribution in [2.75, 3.05) is 25.1 Å². The molecule has 0 aromatic heterocycles. The molecule has 0 saturated carbocycles. The lowest BCUT2D eigenvalue weighted by molar-refractivity contribution is -0.343. The zero-order valence-corrected chi connectivity index (χ0v) is 15.7. The molecule has 0 fully saturated rings. The Labute approximate surface area is 139 Å². The van der Waals surface area contributed by atoms with Crippen LogP contribution in [0.15, 0.2) is 0 Å². The van der Waals surface area contributed by atoms with Crippen molar-refractivity contribution in [1.29, 1.82) is 0 Å². The van der Waals surface area contributed by atoms with E-state index in [1.165, 1.54) is 0 Å². The van der Waals surface area contributed by atoms with Crippen molar-refractivity contribution >= 4 is 16.2 Å². The maximum absolute atomic E-state index is 13.5. The van der Waals surface area contributed by atoms with E-state index in [0.717, 1.165) is 0 Å². The highest BCUT2D eigenvalue weighted by Crippen LogP contribution is 2.27. The molecule has 10 heteroatoms. The minimum atomic E-state index is -2.19. The van der Waals surface area contributed by atoms with Crippen molar-refractivity contribution < 1.29 is 35.9 Å². The van der Waals surface area contributed by atoms with Gasteiger partial charge < -0.3 is 19.2 Å².